The molecule has 1 aliphatic rings. The molecule has 6 atom stereocenters. The zero-order valence-corrected chi connectivity index (χ0v) is 40.5. The van der Waals surface area contributed by atoms with Gasteiger partial charge < -0.3 is 57.5 Å². The Morgan fingerprint density at radius 3 is 1.83 bits per heavy atom. The van der Waals surface area contributed by atoms with Gasteiger partial charge in [0.15, 0.2) is 5.78 Å². The minimum Gasteiger partial charge on any atom is -0.394 e. The van der Waals surface area contributed by atoms with Crippen LogP contribution in [-0.4, -0.2) is 156 Å². The van der Waals surface area contributed by atoms with Gasteiger partial charge in [-0.15, -0.1) is 0 Å². The van der Waals surface area contributed by atoms with E-state index in [1.807, 2.05) is 13.8 Å². The van der Waals surface area contributed by atoms with Crippen LogP contribution in [0.5, 0.6) is 0 Å². The summed E-state index contributed by atoms with van der Waals surface area (Å²) in [4.78, 5) is 141. The molecule has 0 bridgehead atoms. The van der Waals surface area contributed by atoms with Crippen LogP contribution in [0.3, 0.4) is 0 Å². The molecule has 69 heavy (non-hydrogen) atoms. The molecule has 1 fully saturated rings. The predicted octanol–water partition coefficient (Wildman–Crippen LogP) is -2.55. The minimum atomic E-state index is -1.67. The lowest BCUT2D eigenvalue weighted by atomic mass is 9.94. The van der Waals surface area contributed by atoms with Crippen LogP contribution in [0.2, 0.25) is 0 Å². The van der Waals surface area contributed by atoms with Gasteiger partial charge in [-0.25, -0.2) is 0 Å². The number of carbonyl (C=O) groups excluding carboxylic acids is 11. The van der Waals surface area contributed by atoms with Crippen molar-refractivity contribution in [3.05, 3.63) is 35.9 Å². The predicted molar refractivity (Wildman–Crippen MR) is 247 cm³/mol. The largest absolute Gasteiger partial charge is 0.394 e. The number of Topliss-reactive ketones (excluding diaryl/α,β-unsaturated/α-hetero) is 1. The summed E-state index contributed by atoms with van der Waals surface area (Å²) >= 11 is 0. The van der Waals surface area contributed by atoms with Gasteiger partial charge in [0, 0.05) is 37.6 Å². The number of nitrogens with zero attached hydrogens (tertiary/aromatic N) is 1. The fourth-order valence-corrected chi connectivity index (χ4v) is 6.70. The fraction of sp³-hybridized carbons (Fsp3) is 0.630. The first-order chi connectivity index (χ1) is 32.6. The summed E-state index contributed by atoms with van der Waals surface area (Å²) in [6, 6.07) is 1.70. The number of rotatable bonds is 31. The van der Waals surface area contributed by atoms with Gasteiger partial charge in [0.05, 0.1) is 26.3 Å². The van der Waals surface area contributed by atoms with E-state index in [0.717, 1.165) is 0 Å². The van der Waals surface area contributed by atoms with E-state index < -0.39 is 110 Å². The van der Waals surface area contributed by atoms with Crippen molar-refractivity contribution in [3.63, 3.8) is 0 Å². The van der Waals surface area contributed by atoms with E-state index in [9.17, 15) is 63.0 Å². The molecule has 0 aromatic heterocycles. The number of carbonyl (C=O) groups is 11. The van der Waals surface area contributed by atoms with Crippen molar-refractivity contribution >= 4 is 64.9 Å². The third kappa shape index (κ3) is 20.8. The second-order valence-electron chi connectivity index (χ2n) is 17.7. The molecule has 0 spiro atoms. The van der Waals surface area contributed by atoms with Gasteiger partial charge in [-0.05, 0) is 37.2 Å². The average molecular weight is 974 g/mol. The van der Waals surface area contributed by atoms with Crippen molar-refractivity contribution in [3.8, 4) is 0 Å². The van der Waals surface area contributed by atoms with Crippen LogP contribution in [0.4, 0.5) is 0 Å². The van der Waals surface area contributed by atoms with E-state index in [1.165, 1.54) is 11.8 Å². The number of benzene rings is 1. The van der Waals surface area contributed by atoms with Crippen LogP contribution in [0.15, 0.2) is 30.3 Å². The number of unbranched alkanes of at least 4 members (excludes halogenated alkanes) is 2. The maximum absolute atomic E-state index is 13.2. The molecule has 1 unspecified atom stereocenters. The monoisotopic (exact) mass is 974 g/mol. The highest BCUT2D eigenvalue weighted by Crippen LogP contribution is 2.26. The van der Waals surface area contributed by atoms with E-state index in [2.05, 4.69) is 42.5 Å². The Labute approximate surface area is 402 Å². The van der Waals surface area contributed by atoms with Crippen molar-refractivity contribution in [1.29, 1.82) is 0 Å². The second kappa shape index (κ2) is 30.2. The Morgan fingerprint density at radius 1 is 0.652 bits per heavy atom. The molecule has 10 amide bonds. The maximum Gasteiger partial charge on any atom is 0.245 e. The number of ketones is 1. The average Bonchev–Trinajstić information content (AvgIpc) is 3.59. The quantitative estimate of drug-likeness (QED) is 0.0208. The lowest BCUT2D eigenvalue weighted by Crippen LogP contribution is -2.59. The highest BCUT2D eigenvalue weighted by Gasteiger charge is 2.39. The normalized spacial score (nSPS) is 15.7. The Hall–Kier alpha value is -6.33. The van der Waals surface area contributed by atoms with E-state index >= 15 is 0 Å². The molecule has 2 rings (SSSR count). The molecule has 1 heterocycles. The molecule has 1 aromatic rings. The Balaban J connectivity index is 1.87. The van der Waals surface area contributed by atoms with Gasteiger partial charge in [0.1, 0.15) is 43.5 Å². The summed E-state index contributed by atoms with van der Waals surface area (Å²) in [6.45, 7) is 8.52. The van der Waals surface area contributed by atoms with Gasteiger partial charge in [-0.3, -0.25) is 57.6 Å². The molecule has 23 heteroatoms. The molecule has 0 radical (unpaired) electrons. The van der Waals surface area contributed by atoms with Gasteiger partial charge in [-0.1, -0.05) is 78.3 Å². The van der Waals surface area contributed by atoms with Crippen molar-refractivity contribution < 1.29 is 67.7 Å². The molecule has 10 N–H and O–H groups in total. The summed E-state index contributed by atoms with van der Waals surface area (Å²) in [6.07, 6.45) is 1.76. The van der Waals surface area contributed by atoms with E-state index in [4.69, 9.17) is 4.74 Å². The smallest absolute Gasteiger partial charge is 0.245 e. The molecule has 384 valence electrons. The minimum absolute atomic E-state index is 0.00804. The van der Waals surface area contributed by atoms with Gasteiger partial charge in [0.2, 0.25) is 59.1 Å². The third-order valence-corrected chi connectivity index (χ3v) is 11.1. The van der Waals surface area contributed by atoms with E-state index in [1.54, 1.807) is 58.0 Å². The number of ether oxygens (including phenoxy) is 1. The Bertz CT molecular complexity index is 1950. The number of imide groups is 1. The zero-order valence-electron chi connectivity index (χ0n) is 40.5. The zero-order chi connectivity index (χ0) is 51.8. The van der Waals surface area contributed by atoms with Crippen molar-refractivity contribution in [2.45, 2.75) is 117 Å². The highest BCUT2D eigenvalue weighted by molar-refractivity contribution is 6.03. The van der Waals surface area contributed by atoms with Crippen LogP contribution >= 0.6 is 0 Å². The van der Waals surface area contributed by atoms with Crippen LogP contribution in [0.1, 0.15) is 86.1 Å². The lowest BCUT2D eigenvalue weighted by molar-refractivity contribution is -0.140. The van der Waals surface area contributed by atoms with E-state index in [0.29, 0.717) is 24.8 Å². The highest BCUT2D eigenvalue weighted by atomic mass is 16.5. The number of likely N-dealkylation sites (tertiary alicyclic amines) is 1. The van der Waals surface area contributed by atoms with Crippen molar-refractivity contribution in [2.24, 2.45) is 23.7 Å². The third-order valence-electron chi connectivity index (χ3n) is 11.1. The number of aliphatic hydroxyl groups excluding tert-OH is 2. The maximum atomic E-state index is 13.2. The molecule has 1 saturated heterocycles. The number of hydrogen-bond acceptors (Lipinski definition) is 14. The summed E-state index contributed by atoms with van der Waals surface area (Å²) in [5.74, 6) is -7.85. The first kappa shape index (κ1) is 58.8. The number of hydrogen-bond donors (Lipinski definition) is 10. The van der Waals surface area contributed by atoms with Crippen LogP contribution < -0.4 is 42.5 Å². The van der Waals surface area contributed by atoms with E-state index in [-0.39, 0.29) is 74.5 Å². The first-order valence-corrected chi connectivity index (χ1v) is 23.1. The Kier molecular flexibility index (Phi) is 25.7. The van der Waals surface area contributed by atoms with Crippen LogP contribution in [0, 0.1) is 23.7 Å². The summed E-state index contributed by atoms with van der Waals surface area (Å²) in [5.41, 5.74) is 0.650. The number of nitrogens with one attached hydrogen (secondary N) is 8. The fourth-order valence-electron chi connectivity index (χ4n) is 6.70. The molecule has 0 aliphatic carbocycles. The van der Waals surface area contributed by atoms with Gasteiger partial charge in [0.25, 0.3) is 0 Å². The van der Waals surface area contributed by atoms with Crippen LogP contribution in [0.25, 0.3) is 0 Å². The SMILES string of the molecule is CC(C)C(=O)COCNC(=O)CNC(=O)[C@H](Cc1ccccc1)NC(=O)CNC(=O)[C@H](CO)NC(=O)[C@H](CO)NC(=O)[C@H](C)NC(=O)[C@@H](NC(=O)CCCCCN1C(=O)CC(C(C)C)C1=O)C(C)C. The first-order valence-electron chi connectivity index (χ1n) is 23.1. The number of amides is 10. The lowest BCUT2D eigenvalue weighted by Gasteiger charge is -2.25. The van der Waals surface area contributed by atoms with Crippen LogP contribution in [-0.2, 0) is 63.9 Å². The molecule has 1 aliphatic heterocycles. The summed E-state index contributed by atoms with van der Waals surface area (Å²) in [7, 11) is 0. The summed E-state index contributed by atoms with van der Waals surface area (Å²) in [5, 5.41) is 38.9. The van der Waals surface area contributed by atoms with Gasteiger partial charge in [-0.2, -0.15) is 0 Å². The van der Waals surface area contributed by atoms with Crippen molar-refractivity contribution in [1.82, 2.24) is 47.4 Å². The number of aliphatic hydroxyl groups is 2. The molecular weight excluding hydrogens is 903 g/mol. The van der Waals surface area contributed by atoms with Crippen molar-refractivity contribution in [2.75, 3.05) is 46.2 Å². The second-order valence-corrected chi connectivity index (χ2v) is 17.7. The molecule has 1 aromatic carbocycles. The molecular formula is C46H71N9O14. The molecule has 0 saturated carbocycles. The standard InChI is InChI=1S/C46H71N9O14/c1-26(2)31-19-39(62)55(46(31)68)17-13-9-12-16-36(59)54-40(28(5)6)45(67)50-29(7)41(63)52-34(23-57)44(66)53-33(22-56)43(65)48-21-38(61)51-32(18-30-14-10-8-11-15-30)42(64)47-20-37(60)49-25-69-24-35(58)27(3)4/h8,10-11,14-15,26-29,31-34,40,56-57H,9,12-13,16-25H2,1-7H3,(H,47,64)(H,48,65)(H,49,60)(H,50,67)(H,51,61)(H,52,63)(H,53,66)(H,54,59)/t29-,31?,32-,33-,34-,40-/m0/s1. The summed E-state index contributed by atoms with van der Waals surface area (Å²) < 4.78 is 5.12. The van der Waals surface area contributed by atoms with Gasteiger partial charge >= 0.3 is 0 Å². The Morgan fingerprint density at radius 2 is 1.25 bits per heavy atom. The molecule has 23 nitrogen and oxygen atoms in total. The topological polar surface area (TPSA) is 337 Å².